The van der Waals surface area contributed by atoms with E-state index in [0.717, 1.165) is 25.7 Å². The van der Waals surface area contributed by atoms with Crippen molar-refractivity contribution in [1.29, 1.82) is 0 Å². The van der Waals surface area contributed by atoms with E-state index in [-0.39, 0.29) is 24.8 Å². The maximum Gasteiger partial charge on any atom is 0.410 e. The van der Waals surface area contributed by atoms with Crippen LogP contribution in [0.5, 0.6) is 0 Å². The van der Waals surface area contributed by atoms with Gasteiger partial charge in [-0.05, 0) is 46.5 Å². The topological polar surface area (TPSA) is 49.8 Å². The molecule has 2 aliphatic heterocycles. The summed E-state index contributed by atoms with van der Waals surface area (Å²) in [5.74, 6) is 0. The summed E-state index contributed by atoms with van der Waals surface area (Å²) >= 11 is 0. The first kappa shape index (κ1) is 13.4. The molecule has 1 N–H and O–H groups in total. The van der Waals surface area contributed by atoms with Crippen LogP contribution in [0.4, 0.5) is 4.79 Å². The van der Waals surface area contributed by atoms with Crippen molar-refractivity contribution in [2.24, 2.45) is 0 Å². The monoisotopic (exact) mass is 253 g/mol. The summed E-state index contributed by atoms with van der Waals surface area (Å²) < 4.78 is 5.47. The number of piperidine rings is 1. The fraction of sp³-hybridized carbons (Fsp3) is 0.786. The second-order valence-electron chi connectivity index (χ2n) is 6.23. The van der Waals surface area contributed by atoms with Gasteiger partial charge in [-0.25, -0.2) is 4.79 Å². The Labute approximate surface area is 109 Å². The van der Waals surface area contributed by atoms with Gasteiger partial charge in [0.15, 0.2) is 0 Å². The Hall–Kier alpha value is -1.03. The summed E-state index contributed by atoms with van der Waals surface area (Å²) in [5.41, 5.74) is 0.849. The van der Waals surface area contributed by atoms with Crippen LogP contribution >= 0.6 is 0 Å². The molecule has 0 radical (unpaired) electrons. The van der Waals surface area contributed by atoms with Gasteiger partial charge in [0.25, 0.3) is 0 Å². The molecule has 2 bridgehead atoms. The van der Waals surface area contributed by atoms with Crippen LogP contribution in [-0.2, 0) is 4.74 Å². The number of aliphatic hydroxyl groups excluding tert-OH is 1. The highest BCUT2D eigenvalue weighted by Gasteiger charge is 2.42. The second-order valence-corrected chi connectivity index (χ2v) is 6.23. The molecule has 2 saturated heterocycles. The fourth-order valence-corrected chi connectivity index (χ4v) is 2.96. The number of carbonyl (C=O) groups excluding carboxylic acids is 1. The molecule has 4 heteroatoms. The summed E-state index contributed by atoms with van der Waals surface area (Å²) in [6.45, 7) is 5.79. The number of aliphatic hydroxyl groups is 1. The lowest BCUT2D eigenvalue weighted by molar-refractivity contribution is 0.0115. The first-order valence-electron chi connectivity index (χ1n) is 6.71. The van der Waals surface area contributed by atoms with E-state index in [1.54, 1.807) is 0 Å². The minimum absolute atomic E-state index is 0.0984. The zero-order valence-corrected chi connectivity index (χ0v) is 11.5. The van der Waals surface area contributed by atoms with Gasteiger partial charge in [-0.2, -0.15) is 0 Å². The number of rotatable bonds is 1. The molecule has 0 saturated carbocycles. The number of fused-ring (bicyclic) bond motifs is 2. The third-order valence-electron chi connectivity index (χ3n) is 3.60. The number of ether oxygens (including phenoxy) is 1. The zero-order valence-electron chi connectivity index (χ0n) is 11.5. The van der Waals surface area contributed by atoms with Crippen molar-refractivity contribution in [3.8, 4) is 0 Å². The Morgan fingerprint density at radius 1 is 1.39 bits per heavy atom. The summed E-state index contributed by atoms with van der Waals surface area (Å²) in [4.78, 5) is 14.1. The van der Waals surface area contributed by atoms with Crippen LogP contribution in [0.3, 0.4) is 0 Å². The maximum atomic E-state index is 12.2. The molecule has 4 nitrogen and oxygen atoms in total. The van der Waals surface area contributed by atoms with E-state index in [2.05, 4.69) is 0 Å². The molecule has 1 amide bonds. The van der Waals surface area contributed by atoms with Crippen molar-refractivity contribution in [1.82, 2.24) is 4.90 Å². The van der Waals surface area contributed by atoms with Crippen LogP contribution in [0.2, 0.25) is 0 Å². The van der Waals surface area contributed by atoms with Gasteiger partial charge in [-0.15, -0.1) is 0 Å². The lowest BCUT2D eigenvalue weighted by Gasteiger charge is -2.37. The first-order valence-corrected chi connectivity index (χ1v) is 6.71. The van der Waals surface area contributed by atoms with E-state index in [4.69, 9.17) is 9.84 Å². The molecule has 2 atom stereocenters. The summed E-state index contributed by atoms with van der Waals surface area (Å²) in [6, 6.07) is 0.521. The van der Waals surface area contributed by atoms with Gasteiger partial charge in [-0.1, -0.05) is 11.6 Å². The molecular weight excluding hydrogens is 230 g/mol. The second kappa shape index (κ2) is 4.92. The predicted octanol–water partition coefficient (Wildman–Crippen LogP) is 2.47. The van der Waals surface area contributed by atoms with E-state index in [9.17, 15) is 4.79 Å². The maximum absolute atomic E-state index is 12.2. The van der Waals surface area contributed by atoms with Gasteiger partial charge in [0.2, 0.25) is 0 Å². The van der Waals surface area contributed by atoms with Crippen molar-refractivity contribution in [3.63, 3.8) is 0 Å². The smallest absolute Gasteiger partial charge is 0.410 e. The summed E-state index contributed by atoms with van der Waals surface area (Å²) in [7, 11) is 0. The highest BCUT2D eigenvalue weighted by Crippen LogP contribution is 2.39. The molecule has 2 rings (SSSR count). The Balaban J connectivity index is 2.05. The van der Waals surface area contributed by atoms with Gasteiger partial charge >= 0.3 is 6.09 Å². The molecule has 18 heavy (non-hydrogen) atoms. The molecule has 0 unspecified atom stereocenters. The Kier molecular flexibility index (Phi) is 3.66. The van der Waals surface area contributed by atoms with Gasteiger partial charge < -0.3 is 14.7 Å². The molecule has 2 fully saturated rings. The van der Waals surface area contributed by atoms with E-state index in [1.165, 1.54) is 5.57 Å². The lowest BCUT2D eigenvalue weighted by Crippen LogP contribution is -2.47. The van der Waals surface area contributed by atoms with Crippen molar-refractivity contribution >= 4 is 6.09 Å². The minimum Gasteiger partial charge on any atom is -0.444 e. The summed E-state index contributed by atoms with van der Waals surface area (Å²) in [5, 5.41) is 8.96. The van der Waals surface area contributed by atoms with E-state index >= 15 is 0 Å². The molecular formula is C14H23NO3. The Morgan fingerprint density at radius 2 is 1.94 bits per heavy atom. The average Bonchev–Trinajstić information content (AvgIpc) is 2.49. The number of carbonyl (C=O) groups is 1. The fourth-order valence-electron chi connectivity index (χ4n) is 2.96. The van der Waals surface area contributed by atoms with Crippen LogP contribution in [0.25, 0.3) is 0 Å². The standard InChI is InChI=1S/C14H23NO3/c1-14(2,3)18-13(17)15-11-4-5-12(15)9-10(8-11)6-7-16/h6,11-12,16H,4-5,7-9H2,1-3H3/t11-,12+. The SMILES string of the molecule is CC(C)(C)OC(=O)N1[C@@H]2CC[C@H]1CC(=CCO)C2. The first-order chi connectivity index (χ1) is 8.40. The molecule has 0 aliphatic carbocycles. The van der Waals surface area contributed by atoms with Crippen LogP contribution in [0.15, 0.2) is 11.6 Å². The van der Waals surface area contributed by atoms with E-state index in [0.29, 0.717) is 0 Å². The Bertz CT molecular complexity index is 341. The number of hydrogen-bond acceptors (Lipinski definition) is 3. The third kappa shape index (κ3) is 2.86. The van der Waals surface area contributed by atoms with Crippen LogP contribution < -0.4 is 0 Å². The van der Waals surface area contributed by atoms with Crippen molar-refractivity contribution in [3.05, 3.63) is 11.6 Å². The lowest BCUT2D eigenvalue weighted by atomic mass is 9.97. The Morgan fingerprint density at radius 3 is 2.39 bits per heavy atom. The average molecular weight is 253 g/mol. The van der Waals surface area contributed by atoms with Gasteiger partial charge in [0.1, 0.15) is 5.60 Å². The molecule has 0 aromatic carbocycles. The van der Waals surface area contributed by atoms with Crippen LogP contribution in [0.1, 0.15) is 46.5 Å². The molecule has 102 valence electrons. The van der Waals surface area contributed by atoms with Crippen molar-refractivity contribution in [2.75, 3.05) is 6.61 Å². The summed E-state index contributed by atoms with van der Waals surface area (Å²) in [6.07, 6.45) is 5.57. The van der Waals surface area contributed by atoms with Crippen molar-refractivity contribution < 1.29 is 14.6 Å². The van der Waals surface area contributed by atoms with Gasteiger partial charge in [-0.3, -0.25) is 0 Å². The largest absolute Gasteiger partial charge is 0.444 e. The predicted molar refractivity (Wildman–Crippen MR) is 69.3 cm³/mol. The van der Waals surface area contributed by atoms with E-state index < -0.39 is 5.60 Å². The normalized spacial score (nSPS) is 29.8. The van der Waals surface area contributed by atoms with E-state index in [1.807, 2.05) is 31.7 Å². The quantitative estimate of drug-likeness (QED) is 0.730. The van der Waals surface area contributed by atoms with Crippen molar-refractivity contribution in [2.45, 2.75) is 64.1 Å². The minimum atomic E-state index is -0.433. The number of nitrogens with zero attached hydrogens (tertiary/aromatic N) is 1. The third-order valence-corrected chi connectivity index (χ3v) is 3.60. The molecule has 0 aromatic heterocycles. The van der Waals surface area contributed by atoms with Crippen LogP contribution in [0, 0.1) is 0 Å². The highest BCUT2D eigenvalue weighted by atomic mass is 16.6. The van der Waals surface area contributed by atoms with Gasteiger partial charge in [0.05, 0.1) is 6.61 Å². The molecule has 0 spiro atoms. The molecule has 2 heterocycles. The molecule has 2 aliphatic rings. The zero-order chi connectivity index (χ0) is 13.3. The van der Waals surface area contributed by atoms with Crippen LogP contribution in [-0.4, -0.2) is 40.4 Å². The highest BCUT2D eigenvalue weighted by molar-refractivity contribution is 5.70. The van der Waals surface area contributed by atoms with Gasteiger partial charge in [0, 0.05) is 12.1 Å². The number of amides is 1. The number of hydrogen-bond donors (Lipinski definition) is 1. The molecule has 0 aromatic rings.